The predicted molar refractivity (Wildman–Crippen MR) is 101 cm³/mol. The van der Waals surface area contributed by atoms with E-state index in [-0.39, 0.29) is 0 Å². The van der Waals surface area contributed by atoms with Crippen LogP contribution >= 0.6 is 31.6 Å². The Hall–Kier alpha value is -0.340. The van der Waals surface area contributed by atoms with E-state index in [4.69, 9.17) is 57.4 Å². The van der Waals surface area contributed by atoms with Gasteiger partial charge in [-0.3, -0.25) is 39.1 Å². The Morgan fingerprint density at radius 3 is 1.16 bits per heavy atom. The highest BCUT2D eigenvalue weighted by molar-refractivity contribution is 7.46. The first kappa shape index (κ1) is 37.9. The molecule has 8 N–H and O–H groups in total. The van der Waals surface area contributed by atoms with Gasteiger partial charge in [0.15, 0.2) is 0 Å². The fraction of sp³-hybridized carbons (Fsp3) is 0.778. The molecule has 0 spiro atoms. The van der Waals surface area contributed by atoms with Gasteiger partial charge in [-0.15, -0.1) is 16.8 Å². The van der Waals surface area contributed by atoms with Gasteiger partial charge in [-0.2, -0.15) is 0 Å². The molecular formula is C9H26F4N2O12P4. The number of unbranched alkanes of at least 4 members (excludes halogenated alkanes) is 1. The zero-order valence-corrected chi connectivity index (χ0v) is 19.8. The second kappa shape index (κ2) is 17.2. The van der Waals surface area contributed by atoms with E-state index in [1.165, 1.54) is 19.4 Å². The molecule has 1 atom stereocenters. The Morgan fingerprint density at radius 1 is 0.742 bits per heavy atom. The molecule has 0 fully saturated rings. The minimum Gasteiger partial charge on any atom is -0.359 e. The summed E-state index contributed by atoms with van der Waals surface area (Å²) in [7, 11) is -18.4. The van der Waals surface area contributed by atoms with Crippen molar-refractivity contribution in [1.82, 2.24) is 9.80 Å². The summed E-state index contributed by atoms with van der Waals surface area (Å²) in [5.74, 6) is 0. The molecule has 31 heavy (non-hydrogen) atoms. The van der Waals surface area contributed by atoms with Crippen LogP contribution in [0, 0.1) is 0 Å². The van der Waals surface area contributed by atoms with Crippen LogP contribution in [0.25, 0.3) is 0 Å². The summed E-state index contributed by atoms with van der Waals surface area (Å²) in [5, 5.41) is 0. The van der Waals surface area contributed by atoms with Crippen LogP contribution in [0.1, 0.15) is 26.7 Å². The minimum atomic E-state index is -5.14. The first-order valence-electron chi connectivity index (χ1n) is 7.42. The predicted octanol–water partition coefficient (Wildman–Crippen LogP) is 2.05. The molecule has 192 valence electrons. The van der Waals surface area contributed by atoms with Gasteiger partial charge in [0.1, 0.15) is 0 Å². The highest BCUT2D eigenvalue weighted by atomic mass is 31.2. The molecule has 0 aromatic rings. The van der Waals surface area contributed by atoms with Gasteiger partial charge >= 0.3 is 31.6 Å². The SMILES string of the molecule is CCCCN1C=CN(C)C1C.O=P(O)(O)F.O=P(O)(O)F.O=P(O)(O)F.O=P(O)(O)F. The molecule has 0 saturated heterocycles. The van der Waals surface area contributed by atoms with E-state index in [9.17, 15) is 16.8 Å². The maximum atomic E-state index is 10.4. The van der Waals surface area contributed by atoms with E-state index >= 15 is 0 Å². The molecule has 1 unspecified atom stereocenters. The minimum absolute atomic E-state index is 0.557. The fourth-order valence-corrected chi connectivity index (χ4v) is 1.28. The molecule has 0 aliphatic carbocycles. The summed E-state index contributed by atoms with van der Waals surface area (Å²) in [6.45, 7) is 5.66. The van der Waals surface area contributed by atoms with Gasteiger partial charge in [-0.1, -0.05) is 13.3 Å². The molecule has 1 aliphatic heterocycles. The lowest BCUT2D eigenvalue weighted by Gasteiger charge is -2.26. The topological polar surface area (TPSA) is 237 Å². The molecule has 0 aromatic carbocycles. The van der Waals surface area contributed by atoms with Crippen LogP contribution in [0.4, 0.5) is 16.8 Å². The lowest BCUT2D eigenvalue weighted by Crippen LogP contribution is -2.33. The van der Waals surface area contributed by atoms with Gasteiger partial charge in [0.25, 0.3) is 0 Å². The third kappa shape index (κ3) is 81.8. The van der Waals surface area contributed by atoms with Crippen LogP contribution in [-0.2, 0) is 18.3 Å². The monoisotopic (exact) mass is 554 g/mol. The third-order valence-electron chi connectivity index (χ3n) is 2.33. The normalized spacial score (nSPS) is 15.9. The van der Waals surface area contributed by atoms with E-state index in [0.717, 1.165) is 0 Å². The second-order valence-electron chi connectivity index (χ2n) is 5.08. The molecule has 14 nitrogen and oxygen atoms in total. The average molecular weight is 554 g/mol. The summed E-state index contributed by atoms with van der Waals surface area (Å²) >= 11 is 0. The Kier molecular flexibility index (Phi) is 21.0. The summed E-state index contributed by atoms with van der Waals surface area (Å²) in [6, 6.07) is 0. The number of rotatable bonds is 3. The molecule has 1 rings (SSSR count). The number of nitrogens with zero attached hydrogens (tertiary/aromatic N) is 2. The molecule has 1 aliphatic rings. The number of hydrogen-bond donors (Lipinski definition) is 8. The Bertz CT molecular complexity index is 564. The lowest BCUT2D eigenvalue weighted by molar-refractivity contribution is 0.193. The smallest absolute Gasteiger partial charge is 0.359 e. The largest absolute Gasteiger partial charge is 0.507 e. The van der Waals surface area contributed by atoms with Crippen molar-refractivity contribution in [2.45, 2.75) is 32.9 Å². The van der Waals surface area contributed by atoms with Crippen LogP contribution in [0.15, 0.2) is 12.4 Å². The van der Waals surface area contributed by atoms with Crippen LogP contribution in [0.2, 0.25) is 0 Å². The van der Waals surface area contributed by atoms with Crippen molar-refractivity contribution in [3.05, 3.63) is 12.4 Å². The van der Waals surface area contributed by atoms with Gasteiger partial charge in [0.05, 0.1) is 6.17 Å². The van der Waals surface area contributed by atoms with Gasteiger partial charge in [0, 0.05) is 26.0 Å². The summed E-state index contributed by atoms with van der Waals surface area (Å²) in [4.78, 5) is 60.3. The molecule has 0 aromatic heterocycles. The highest BCUT2D eigenvalue weighted by Gasteiger charge is 2.16. The molecule has 0 saturated carbocycles. The third-order valence-corrected chi connectivity index (χ3v) is 2.33. The maximum Gasteiger partial charge on any atom is 0.507 e. The molecule has 0 bridgehead atoms. The first-order valence-corrected chi connectivity index (χ1v) is 13.4. The zero-order chi connectivity index (χ0) is 26.3. The Balaban J connectivity index is -0.000000157. The van der Waals surface area contributed by atoms with Gasteiger partial charge < -0.3 is 9.80 Å². The van der Waals surface area contributed by atoms with Crippen molar-refractivity contribution in [2.24, 2.45) is 0 Å². The molecule has 22 heteroatoms. The summed E-state index contributed by atoms with van der Waals surface area (Å²) < 4.78 is 76.1. The Morgan fingerprint density at radius 2 is 1.00 bits per heavy atom. The first-order chi connectivity index (χ1) is 13.3. The van der Waals surface area contributed by atoms with Gasteiger partial charge in [-0.05, 0) is 13.3 Å². The van der Waals surface area contributed by atoms with Crippen molar-refractivity contribution < 1.29 is 74.2 Å². The van der Waals surface area contributed by atoms with Crippen molar-refractivity contribution in [1.29, 1.82) is 0 Å². The van der Waals surface area contributed by atoms with Crippen LogP contribution in [0.5, 0.6) is 0 Å². The van der Waals surface area contributed by atoms with Crippen molar-refractivity contribution in [3.63, 3.8) is 0 Å². The van der Waals surface area contributed by atoms with E-state index in [2.05, 4.69) is 43.1 Å². The number of halogens is 4. The van der Waals surface area contributed by atoms with Crippen LogP contribution in [-0.4, -0.2) is 68.7 Å². The van der Waals surface area contributed by atoms with E-state index < -0.39 is 31.6 Å². The van der Waals surface area contributed by atoms with Crippen LogP contribution in [0.3, 0.4) is 0 Å². The average Bonchev–Trinajstić information content (AvgIpc) is 2.69. The fourth-order valence-electron chi connectivity index (χ4n) is 1.28. The van der Waals surface area contributed by atoms with E-state index in [0.29, 0.717) is 6.17 Å². The van der Waals surface area contributed by atoms with E-state index in [1.54, 1.807) is 0 Å². The summed E-state index contributed by atoms with van der Waals surface area (Å²) in [6.07, 6.45) is 7.45. The van der Waals surface area contributed by atoms with Crippen molar-refractivity contribution in [3.8, 4) is 0 Å². The van der Waals surface area contributed by atoms with Gasteiger partial charge in [-0.25, -0.2) is 18.3 Å². The standard InChI is InChI=1S/C9H18N2.4FH2O3P/c1-4-5-6-11-8-7-10(3)9(11)2;4*1-5(2,3)4/h7-9H,4-6H2,1-3H3;4*(H2,2,3,4). The second-order valence-corrected chi connectivity index (χ2v) is 8.86. The maximum absolute atomic E-state index is 10.4. The highest BCUT2D eigenvalue weighted by Crippen LogP contribution is 2.36. The molecular weight excluding hydrogens is 528 g/mol. The van der Waals surface area contributed by atoms with Crippen molar-refractivity contribution in [2.75, 3.05) is 13.6 Å². The van der Waals surface area contributed by atoms with E-state index in [1.807, 2.05) is 0 Å². The lowest BCUT2D eigenvalue weighted by atomic mass is 10.3. The summed E-state index contributed by atoms with van der Waals surface area (Å²) in [5.41, 5.74) is 0. The molecule has 1 heterocycles. The van der Waals surface area contributed by atoms with Crippen molar-refractivity contribution >= 4 is 31.6 Å². The zero-order valence-electron chi connectivity index (χ0n) is 16.3. The number of hydrogen-bond acceptors (Lipinski definition) is 6. The van der Waals surface area contributed by atoms with Crippen LogP contribution < -0.4 is 0 Å². The molecule has 0 radical (unpaired) electrons. The Labute approximate surface area is 175 Å². The molecule has 0 amide bonds. The quantitative estimate of drug-likeness (QED) is 0.184. The van der Waals surface area contributed by atoms with Gasteiger partial charge in [0.2, 0.25) is 0 Å².